The molecule has 13 nitrogen and oxygen atoms in total. The number of amides is 5. The van der Waals surface area contributed by atoms with Gasteiger partial charge >= 0.3 is 12.1 Å². The topological polar surface area (TPSA) is 174 Å². The normalized spacial score (nSPS) is 19.6. The van der Waals surface area contributed by atoms with Crippen LogP contribution in [0.25, 0.3) is 0 Å². The van der Waals surface area contributed by atoms with Crippen LogP contribution < -0.4 is 16.0 Å². The molecule has 4 atom stereocenters. The predicted octanol–water partition coefficient (Wildman–Crippen LogP) is 1.02. The molecule has 13 heteroatoms. The molecule has 0 aromatic heterocycles. The summed E-state index contributed by atoms with van der Waals surface area (Å²) in [7, 11) is 0. The second-order valence-corrected chi connectivity index (χ2v) is 11.1. The lowest BCUT2D eigenvalue weighted by Crippen LogP contribution is -2.57. The molecule has 1 aromatic carbocycles. The summed E-state index contributed by atoms with van der Waals surface area (Å²) in [6, 6.07) is 5.40. The molecule has 42 heavy (non-hydrogen) atoms. The summed E-state index contributed by atoms with van der Waals surface area (Å²) in [4.78, 5) is 78.4. The Morgan fingerprint density at radius 2 is 1.57 bits per heavy atom. The van der Waals surface area contributed by atoms with Crippen LogP contribution in [0.15, 0.2) is 30.3 Å². The summed E-state index contributed by atoms with van der Waals surface area (Å²) in [6.07, 6.45) is 1.43. The van der Waals surface area contributed by atoms with Crippen molar-refractivity contribution in [1.29, 1.82) is 0 Å². The molecule has 0 unspecified atom stereocenters. The standard InChI is InChI=1S/C29H41N5O8/c1-18(2)15-21(25(36)31-19(3)27(38)34-14-8-12-23(34)28(39)40)32-26(37)22-11-7-13-33(22)24(35)16-30-29(41)42-17-20-9-5-4-6-10-20/h4-6,9-10,18-19,21-23H,7-8,11-17H2,1-3H3,(H,30,41)(H,31,36)(H,32,37)(H,39,40)/t19-,21-,22-,23-/m0/s1. The van der Waals surface area contributed by atoms with E-state index < -0.39 is 59.9 Å². The van der Waals surface area contributed by atoms with E-state index in [1.807, 2.05) is 32.0 Å². The molecule has 230 valence electrons. The second kappa shape index (κ2) is 15.2. The average Bonchev–Trinajstić information content (AvgIpc) is 3.65. The van der Waals surface area contributed by atoms with Gasteiger partial charge in [0.1, 0.15) is 37.3 Å². The van der Waals surface area contributed by atoms with Gasteiger partial charge in [-0.2, -0.15) is 0 Å². The van der Waals surface area contributed by atoms with Crippen molar-refractivity contribution in [1.82, 2.24) is 25.8 Å². The van der Waals surface area contributed by atoms with E-state index in [0.717, 1.165) is 5.56 Å². The van der Waals surface area contributed by atoms with Crippen LogP contribution in [0.5, 0.6) is 0 Å². The Morgan fingerprint density at radius 3 is 2.21 bits per heavy atom. The lowest BCUT2D eigenvalue weighted by atomic mass is 10.0. The van der Waals surface area contributed by atoms with E-state index in [4.69, 9.17) is 4.74 Å². The van der Waals surface area contributed by atoms with Crippen molar-refractivity contribution in [2.75, 3.05) is 19.6 Å². The van der Waals surface area contributed by atoms with E-state index in [9.17, 15) is 33.9 Å². The Morgan fingerprint density at radius 1 is 0.929 bits per heavy atom. The highest BCUT2D eigenvalue weighted by Gasteiger charge is 2.38. The number of benzene rings is 1. The number of hydrogen-bond acceptors (Lipinski definition) is 7. The number of rotatable bonds is 12. The fourth-order valence-corrected chi connectivity index (χ4v) is 5.24. The van der Waals surface area contributed by atoms with Gasteiger partial charge in [-0.05, 0) is 50.5 Å². The molecule has 3 rings (SSSR count). The van der Waals surface area contributed by atoms with Crippen LogP contribution >= 0.6 is 0 Å². The molecule has 2 fully saturated rings. The quantitative estimate of drug-likeness (QED) is 0.280. The maximum Gasteiger partial charge on any atom is 0.407 e. The highest BCUT2D eigenvalue weighted by atomic mass is 16.5. The van der Waals surface area contributed by atoms with Crippen LogP contribution in [0.3, 0.4) is 0 Å². The number of alkyl carbamates (subject to hydrolysis) is 1. The zero-order chi connectivity index (χ0) is 30.8. The van der Waals surface area contributed by atoms with E-state index in [2.05, 4.69) is 16.0 Å². The van der Waals surface area contributed by atoms with E-state index in [1.165, 1.54) is 16.7 Å². The Bertz CT molecular complexity index is 1140. The number of aliphatic carboxylic acids is 1. The summed E-state index contributed by atoms with van der Waals surface area (Å²) in [5.74, 6) is -3.08. The number of nitrogens with one attached hydrogen (secondary N) is 3. The summed E-state index contributed by atoms with van der Waals surface area (Å²) in [5.41, 5.74) is 0.800. The first kappa shape index (κ1) is 32.4. The third-order valence-electron chi connectivity index (χ3n) is 7.36. The maximum absolute atomic E-state index is 13.3. The van der Waals surface area contributed by atoms with Crippen molar-refractivity contribution in [3.05, 3.63) is 35.9 Å². The first-order valence-electron chi connectivity index (χ1n) is 14.4. The number of carbonyl (C=O) groups excluding carboxylic acids is 5. The molecule has 0 aliphatic carbocycles. The predicted molar refractivity (Wildman–Crippen MR) is 151 cm³/mol. The fraction of sp³-hybridized carbons (Fsp3) is 0.586. The van der Waals surface area contributed by atoms with Crippen molar-refractivity contribution in [2.45, 2.75) is 83.6 Å². The highest BCUT2D eigenvalue weighted by molar-refractivity contribution is 5.95. The van der Waals surface area contributed by atoms with Gasteiger partial charge in [0, 0.05) is 13.1 Å². The monoisotopic (exact) mass is 587 g/mol. The van der Waals surface area contributed by atoms with Crippen LogP contribution in [-0.4, -0.2) is 94.4 Å². The smallest absolute Gasteiger partial charge is 0.407 e. The third-order valence-corrected chi connectivity index (χ3v) is 7.36. The molecule has 0 spiro atoms. The Kier molecular flexibility index (Phi) is 11.7. The van der Waals surface area contributed by atoms with E-state index >= 15 is 0 Å². The molecule has 5 amide bonds. The molecule has 2 aliphatic rings. The van der Waals surface area contributed by atoms with E-state index in [1.54, 1.807) is 12.1 Å². The Balaban J connectivity index is 1.54. The molecule has 1 aromatic rings. The summed E-state index contributed by atoms with van der Waals surface area (Å²) < 4.78 is 5.13. The molecule has 0 bridgehead atoms. The summed E-state index contributed by atoms with van der Waals surface area (Å²) in [5, 5.41) is 17.2. The minimum atomic E-state index is -1.08. The van der Waals surface area contributed by atoms with Gasteiger partial charge in [-0.1, -0.05) is 44.2 Å². The molecular weight excluding hydrogens is 546 g/mol. The average molecular weight is 588 g/mol. The van der Waals surface area contributed by atoms with Gasteiger partial charge in [0.25, 0.3) is 0 Å². The number of carboxylic acid groups (broad SMARTS) is 1. The summed E-state index contributed by atoms with van der Waals surface area (Å²) in [6.45, 7) is 5.59. The number of nitrogens with zero attached hydrogens (tertiary/aromatic N) is 2. The molecular formula is C29H41N5O8. The minimum Gasteiger partial charge on any atom is -0.480 e. The van der Waals surface area contributed by atoms with Crippen LogP contribution in [0.4, 0.5) is 4.79 Å². The number of hydrogen-bond donors (Lipinski definition) is 4. The molecule has 0 saturated carbocycles. The van der Waals surface area contributed by atoms with Crippen LogP contribution in [0, 0.1) is 5.92 Å². The van der Waals surface area contributed by atoms with Crippen molar-refractivity contribution in [2.24, 2.45) is 5.92 Å². The molecule has 2 aliphatic heterocycles. The van der Waals surface area contributed by atoms with Crippen molar-refractivity contribution >= 4 is 35.7 Å². The van der Waals surface area contributed by atoms with Gasteiger partial charge in [-0.3, -0.25) is 19.2 Å². The number of carbonyl (C=O) groups is 6. The fourth-order valence-electron chi connectivity index (χ4n) is 5.24. The Hall–Kier alpha value is -4.16. The molecule has 2 heterocycles. The lowest BCUT2D eigenvalue weighted by Gasteiger charge is -2.29. The van der Waals surface area contributed by atoms with Gasteiger partial charge < -0.3 is 35.6 Å². The number of carboxylic acids is 1. The van der Waals surface area contributed by atoms with Crippen LogP contribution in [-0.2, 0) is 35.3 Å². The second-order valence-electron chi connectivity index (χ2n) is 11.1. The van der Waals surface area contributed by atoms with Gasteiger partial charge in [-0.15, -0.1) is 0 Å². The lowest BCUT2D eigenvalue weighted by molar-refractivity contribution is -0.149. The third kappa shape index (κ3) is 8.92. The number of ether oxygens (including phenoxy) is 1. The number of likely N-dealkylation sites (tertiary alicyclic amines) is 2. The van der Waals surface area contributed by atoms with E-state index in [-0.39, 0.29) is 25.5 Å². The zero-order valence-electron chi connectivity index (χ0n) is 24.3. The van der Waals surface area contributed by atoms with Crippen LogP contribution in [0.2, 0.25) is 0 Å². The highest BCUT2D eigenvalue weighted by Crippen LogP contribution is 2.20. The maximum atomic E-state index is 13.3. The Labute approximate surface area is 245 Å². The van der Waals surface area contributed by atoms with Crippen LogP contribution in [0.1, 0.15) is 58.4 Å². The first-order valence-corrected chi connectivity index (χ1v) is 14.4. The van der Waals surface area contributed by atoms with Gasteiger partial charge in [-0.25, -0.2) is 9.59 Å². The van der Waals surface area contributed by atoms with Gasteiger partial charge in [0.05, 0.1) is 0 Å². The van der Waals surface area contributed by atoms with E-state index in [0.29, 0.717) is 38.8 Å². The van der Waals surface area contributed by atoms with Gasteiger partial charge in [0.15, 0.2) is 0 Å². The van der Waals surface area contributed by atoms with Crippen molar-refractivity contribution in [3.63, 3.8) is 0 Å². The first-order chi connectivity index (χ1) is 20.0. The summed E-state index contributed by atoms with van der Waals surface area (Å²) >= 11 is 0. The minimum absolute atomic E-state index is 0.0226. The largest absolute Gasteiger partial charge is 0.480 e. The van der Waals surface area contributed by atoms with Crippen molar-refractivity contribution < 1.29 is 38.6 Å². The molecule has 2 saturated heterocycles. The SMILES string of the molecule is CC(C)C[C@H](NC(=O)[C@@H]1CCCN1C(=O)CNC(=O)OCc1ccccc1)C(=O)N[C@@H](C)C(=O)N1CCC[C@H]1C(=O)O. The zero-order valence-corrected chi connectivity index (χ0v) is 24.3. The van der Waals surface area contributed by atoms with Crippen molar-refractivity contribution in [3.8, 4) is 0 Å². The molecule has 4 N–H and O–H groups in total. The van der Waals surface area contributed by atoms with Gasteiger partial charge in [0.2, 0.25) is 23.6 Å². The molecule has 0 radical (unpaired) electrons.